The normalized spacial score (nSPS) is 18.1. The number of aromatic amines is 1. The van der Waals surface area contributed by atoms with E-state index in [4.69, 9.17) is 11.5 Å². The number of hydrogen-bond acceptors (Lipinski definition) is 8. The molecule has 0 aliphatic carbocycles. The number of amides is 5. The number of nitrogens with two attached hydrogens (primary N) is 2. The van der Waals surface area contributed by atoms with Gasteiger partial charge in [0.1, 0.15) is 24.2 Å². The maximum Gasteiger partial charge on any atom is 0.326 e. The number of carboxylic acid groups (broad SMARTS) is 1. The third-order valence-electron chi connectivity index (χ3n) is 6.48. The largest absolute Gasteiger partial charge is 0.480 e. The fourth-order valence-corrected chi connectivity index (χ4v) is 4.17. The van der Waals surface area contributed by atoms with Crippen LogP contribution in [0, 0.1) is 5.92 Å². The van der Waals surface area contributed by atoms with Gasteiger partial charge in [-0.1, -0.05) is 20.3 Å². The van der Waals surface area contributed by atoms with Crippen molar-refractivity contribution >= 4 is 35.5 Å². The first-order valence-electron chi connectivity index (χ1n) is 12.4. The number of hydrogen-bond donors (Lipinski definition) is 7. The minimum absolute atomic E-state index is 0.0803. The zero-order valence-electron chi connectivity index (χ0n) is 21.4. The van der Waals surface area contributed by atoms with Crippen LogP contribution in [0.5, 0.6) is 0 Å². The predicted molar refractivity (Wildman–Crippen MR) is 133 cm³/mol. The van der Waals surface area contributed by atoms with Crippen LogP contribution in [0.25, 0.3) is 0 Å². The Balaban J connectivity index is 2.23. The average Bonchev–Trinajstić information content (AvgIpc) is 3.57. The summed E-state index contributed by atoms with van der Waals surface area (Å²) in [5, 5.41) is 16.9. The molecule has 0 saturated carbocycles. The highest BCUT2D eigenvalue weighted by atomic mass is 16.4. The lowest BCUT2D eigenvalue weighted by molar-refractivity contribution is -0.143. The van der Waals surface area contributed by atoms with E-state index >= 15 is 0 Å². The van der Waals surface area contributed by atoms with Crippen LogP contribution in [0.1, 0.15) is 45.2 Å². The first-order valence-corrected chi connectivity index (χ1v) is 12.4. The summed E-state index contributed by atoms with van der Waals surface area (Å²) in [4.78, 5) is 82.4. The smallest absolute Gasteiger partial charge is 0.326 e. The Bertz CT molecular complexity index is 1020. The maximum absolute atomic E-state index is 13.4. The molecule has 0 bridgehead atoms. The second kappa shape index (κ2) is 14.1. The summed E-state index contributed by atoms with van der Waals surface area (Å²) < 4.78 is 0. The number of aromatic nitrogens is 2. The summed E-state index contributed by atoms with van der Waals surface area (Å²) in [6.45, 7) is 3.72. The molecule has 0 radical (unpaired) electrons. The second-order valence-electron chi connectivity index (χ2n) is 9.23. The third-order valence-corrected chi connectivity index (χ3v) is 6.48. The zero-order valence-corrected chi connectivity index (χ0v) is 21.4. The summed E-state index contributed by atoms with van der Waals surface area (Å²) in [5.41, 5.74) is 11.0. The van der Waals surface area contributed by atoms with Gasteiger partial charge in [-0.25, -0.2) is 9.78 Å². The van der Waals surface area contributed by atoms with Gasteiger partial charge in [-0.15, -0.1) is 0 Å². The molecule has 1 aromatic heterocycles. The highest BCUT2D eigenvalue weighted by Crippen LogP contribution is 2.18. The van der Waals surface area contributed by atoms with Crippen LogP contribution >= 0.6 is 0 Å². The molecule has 9 N–H and O–H groups in total. The fourth-order valence-electron chi connectivity index (χ4n) is 4.17. The van der Waals surface area contributed by atoms with Crippen molar-refractivity contribution in [3.63, 3.8) is 0 Å². The number of carbonyl (C=O) groups is 6. The van der Waals surface area contributed by atoms with E-state index in [0.717, 1.165) is 0 Å². The minimum atomic E-state index is -1.60. The molecular formula is C23H36N8O7. The lowest BCUT2D eigenvalue weighted by Gasteiger charge is -2.29. The molecule has 1 saturated heterocycles. The van der Waals surface area contributed by atoms with Gasteiger partial charge in [0, 0.05) is 24.9 Å². The van der Waals surface area contributed by atoms with E-state index in [2.05, 4.69) is 25.9 Å². The Morgan fingerprint density at radius 3 is 2.39 bits per heavy atom. The lowest BCUT2D eigenvalue weighted by Crippen LogP contribution is -2.59. The summed E-state index contributed by atoms with van der Waals surface area (Å²) in [5.74, 6) is -5.17. The van der Waals surface area contributed by atoms with Crippen molar-refractivity contribution < 1.29 is 33.9 Å². The van der Waals surface area contributed by atoms with Crippen molar-refractivity contribution in [2.24, 2.45) is 17.4 Å². The molecule has 1 aliphatic rings. The van der Waals surface area contributed by atoms with Crippen LogP contribution in [0.3, 0.4) is 0 Å². The highest BCUT2D eigenvalue weighted by molar-refractivity contribution is 5.96. The molecule has 15 nitrogen and oxygen atoms in total. The van der Waals surface area contributed by atoms with E-state index in [1.165, 1.54) is 17.4 Å². The van der Waals surface area contributed by atoms with E-state index in [1.807, 2.05) is 6.92 Å². The van der Waals surface area contributed by atoms with Gasteiger partial charge < -0.3 is 42.4 Å². The van der Waals surface area contributed by atoms with Gasteiger partial charge in [-0.3, -0.25) is 24.0 Å². The van der Waals surface area contributed by atoms with Gasteiger partial charge in [-0.05, 0) is 18.8 Å². The van der Waals surface area contributed by atoms with E-state index in [0.29, 0.717) is 31.5 Å². The van der Waals surface area contributed by atoms with Gasteiger partial charge in [0.15, 0.2) is 0 Å². The maximum atomic E-state index is 13.4. The molecule has 1 fully saturated rings. The number of imidazole rings is 1. The molecule has 2 heterocycles. The zero-order chi connectivity index (χ0) is 28.4. The summed E-state index contributed by atoms with van der Waals surface area (Å²) in [6.07, 6.45) is 3.63. The highest BCUT2D eigenvalue weighted by Gasteiger charge is 2.37. The van der Waals surface area contributed by atoms with E-state index in [-0.39, 0.29) is 24.8 Å². The Morgan fingerprint density at radius 1 is 1.16 bits per heavy atom. The summed E-state index contributed by atoms with van der Waals surface area (Å²) in [7, 11) is 0. The van der Waals surface area contributed by atoms with Crippen LogP contribution < -0.4 is 27.4 Å². The molecule has 2 rings (SSSR count). The number of H-pyrrole nitrogens is 1. The number of nitrogens with zero attached hydrogens (tertiary/aromatic N) is 2. The molecular weight excluding hydrogens is 500 g/mol. The number of nitrogens with one attached hydrogen (secondary N) is 4. The average molecular weight is 537 g/mol. The molecule has 38 heavy (non-hydrogen) atoms. The van der Waals surface area contributed by atoms with Crippen LogP contribution in [0.2, 0.25) is 0 Å². The quantitative estimate of drug-likeness (QED) is 0.131. The third kappa shape index (κ3) is 8.26. The lowest BCUT2D eigenvalue weighted by atomic mass is 9.97. The van der Waals surface area contributed by atoms with E-state index in [1.54, 1.807) is 6.92 Å². The van der Waals surface area contributed by atoms with Gasteiger partial charge in [0.2, 0.25) is 29.5 Å². The molecule has 0 spiro atoms. The molecule has 15 heteroatoms. The fraction of sp³-hybridized carbons (Fsp3) is 0.609. The van der Waals surface area contributed by atoms with Crippen LogP contribution in [0.4, 0.5) is 0 Å². The number of rotatable bonds is 14. The minimum Gasteiger partial charge on any atom is -0.480 e. The van der Waals surface area contributed by atoms with E-state index < -0.39 is 60.2 Å². The molecule has 0 unspecified atom stereocenters. The van der Waals surface area contributed by atoms with Crippen molar-refractivity contribution in [1.29, 1.82) is 0 Å². The van der Waals surface area contributed by atoms with Crippen molar-refractivity contribution in [1.82, 2.24) is 30.8 Å². The van der Waals surface area contributed by atoms with Crippen LogP contribution in [-0.4, -0.2) is 92.7 Å². The SMILES string of the molecule is CC[C@H](C)[C@H](NC(=O)[C@@H]1CCCN1C(=O)CN)C(=O)N[C@@H](Cc1cnc[nH]1)C(=O)N[C@@H](CC(N)=O)C(=O)O. The number of carboxylic acids is 1. The monoisotopic (exact) mass is 536 g/mol. The van der Waals surface area contributed by atoms with E-state index in [9.17, 15) is 33.9 Å². The summed E-state index contributed by atoms with van der Waals surface area (Å²) in [6, 6.07) is -4.69. The van der Waals surface area contributed by atoms with Crippen molar-refractivity contribution in [2.75, 3.05) is 13.1 Å². The molecule has 5 atom stereocenters. The molecule has 1 aliphatic heterocycles. The Morgan fingerprint density at radius 2 is 1.84 bits per heavy atom. The van der Waals surface area contributed by atoms with Gasteiger partial charge in [0.25, 0.3) is 0 Å². The molecule has 5 amide bonds. The Kier molecular flexibility index (Phi) is 11.2. The summed E-state index contributed by atoms with van der Waals surface area (Å²) >= 11 is 0. The number of aliphatic carboxylic acids is 1. The van der Waals surface area contributed by atoms with Crippen molar-refractivity contribution in [3.05, 3.63) is 18.2 Å². The van der Waals surface area contributed by atoms with Crippen LogP contribution in [0.15, 0.2) is 12.5 Å². The predicted octanol–water partition coefficient (Wildman–Crippen LogP) is -2.64. The Labute approximate surface area is 219 Å². The van der Waals surface area contributed by atoms with Crippen molar-refractivity contribution in [2.45, 2.75) is 70.1 Å². The van der Waals surface area contributed by atoms with Gasteiger partial charge >= 0.3 is 5.97 Å². The Hall–Kier alpha value is -4.01. The first kappa shape index (κ1) is 30.2. The number of likely N-dealkylation sites (tertiary alicyclic amines) is 1. The molecule has 1 aromatic rings. The van der Waals surface area contributed by atoms with Crippen LogP contribution in [-0.2, 0) is 35.2 Å². The standard InChI is InChI=1S/C23H36N8O7/c1-3-12(2)19(30-21(35)16-5-4-6-31(16)18(33)9-24)22(36)28-14(7-13-10-26-11-27-13)20(34)29-15(23(37)38)8-17(25)32/h10-12,14-16,19H,3-9,24H2,1-2H3,(H2,25,32)(H,26,27)(H,28,36)(H,29,34)(H,30,35)(H,37,38)/t12-,14-,15-,16-,19-/m0/s1. The van der Waals surface area contributed by atoms with Gasteiger partial charge in [0.05, 0.1) is 19.3 Å². The topological polar surface area (TPSA) is 243 Å². The number of primary amides is 1. The van der Waals surface area contributed by atoms with Crippen molar-refractivity contribution in [3.8, 4) is 0 Å². The molecule has 0 aromatic carbocycles. The molecule has 210 valence electrons. The van der Waals surface area contributed by atoms with Gasteiger partial charge in [-0.2, -0.15) is 0 Å². The number of carbonyl (C=O) groups excluding carboxylic acids is 5. The first-order chi connectivity index (χ1) is 18.0. The second-order valence-corrected chi connectivity index (χ2v) is 9.23.